The zero-order chi connectivity index (χ0) is 17.5. The zero-order valence-electron chi connectivity index (χ0n) is 12.8. The van der Waals surface area contributed by atoms with E-state index in [4.69, 9.17) is 11.6 Å². The average Bonchev–Trinajstić information content (AvgIpc) is 3.30. The van der Waals surface area contributed by atoms with Gasteiger partial charge in [0.05, 0.1) is 16.0 Å². The summed E-state index contributed by atoms with van der Waals surface area (Å²) in [7, 11) is -3.49. The molecule has 1 saturated carbocycles. The monoisotopic (exact) mass is 367 g/mol. The molecule has 1 aliphatic carbocycles. The van der Waals surface area contributed by atoms with Crippen molar-refractivity contribution in [3.63, 3.8) is 0 Å². The number of carbonyl (C=O) groups is 1. The van der Waals surface area contributed by atoms with Gasteiger partial charge < -0.3 is 5.32 Å². The molecule has 24 heavy (non-hydrogen) atoms. The van der Waals surface area contributed by atoms with E-state index in [1.54, 1.807) is 18.2 Å². The summed E-state index contributed by atoms with van der Waals surface area (Å²) >= 11 is 5.98. The van der Waals surface area contributed by atoms with Crippen molar-refractivity contribution in [2.24, 2.45) is 0 Å². The summed E-state index contributed by atoms with van der Waals surface area (Å²) in [6.45, 7) is 0. The summed E-state index contributed by atoms with van der Waals surface area (Å²) in [5.41, 5.74) is -0.110. The summed E-state index contributed by atoms with van der Waals surface area (Å²) in [6, 6.07) is 10.3. The van der Waals surface area contributed by atoms with Crippen molar-refractivity contribution in [3.05, 3.63) is 58.9 Å². The molecule has 7 heteroatoms. The lowest BCUT2D eigenvalue weighted by Gasteiger charge is -2.17. The van der Waals surface area contributed by atoms with Crippen molar-refractivity contribution < 1.29 is 17.6 Å². The second-order valence-corrected chi connectivity index (χ2v) is 8.41. The second kappa shape index (κ2) is 5.86. The van der Waals surface area contributed by atoms with E-state index in [9.17, 15) is 17.6 Å². The number of benzene rings is 2. The van der Waals surface area contributed by atoms with Gasteiger partial charge in [-0.25, -0.2) is 12.8 Å². The maximum absolute atomic E-state index is 14.0. The summed E-state index contributed by atoms with van der Waals surface area (Å²) in [6.07, 6.45) is 2.29. The standard InChI is InChI=1S/C17H15ClFNO3S/c1-24(22,23)13-5-6-14(19)15(10-13)20-16(21)17(7-8-17)11-3-2-4-12(18)9-11/h2-6,9-10H,7-8H2,1H3,(H,20,21). The van der Waals surface area contributed by atoms with Crippen molar-refractivity contribution in [1.29, 1.82) is 0 Å². The average molecular weight is 368 g/mol. The van der Waals surface area contributed by atoms with E-state index in [0.29, 0.717) is 17.9 Å². The van der Waals surface area contributed by atoms with Crippen LogP contribution >= 0.6 is 11.6 Å². The first-order chi connectivity index (χ1) is 11.2. The van der Waals surface area contributed by atoms with Gasteiger partial charge in [-0.2, -0.15) is 0 Å². The molecule has 2 aromatic rings. The SMILES string of the molecule is CS(=O)(=O)c1ccc(F)c(NC(=O)C2(c3cccc(Cl)c3)CC2)c1. The minimum atomic E-state index is -3.49. The fraction of sp³-hybridized carbons (Fsp3) is 0.235. The number of halogens is 2. The minimum absolute atomic E-state index is 0.0493. The number of sulfone groups is 1. The quantitative estimate of drug-likeness (QED) is 0.840. The molecule has 0 aromatic heterocycles. The third kappa shape index (κ3) is 3.16. The number of anilines is 1. The van der Waals surface area contributed by atoms with Crippen LogP contribution in [0.1, 0.15) is 18.4 Å². The molecule has 1 aliphatic rings. The molecule has 0 heterocycles. The van der Waals surface area contributed by atoms with E-state index in [1.807, 2.05) is 6.07 Å². The highest BCUT2D eigenvalue weighted by Gasteiger charge is 2.51. The van der Waals surface area contributed by atoms with Gasteiger partial charge in [0.15, 0.2) is 9.84 Å². The van der Waals surface area contributed by atoms with E-state index in [-0.39, 0.29) is 16.5 Å². The van der Waals surface area contributed by atoms with Crippen LogP contribution in [0.25, 0.3) is 0 Å². The molecule has 0 bridgehead atoms. The van der Waals surface area contributed by atoms with Gasteiger partial charge in [0, 0.05) is 11.3 Å². The molecule has 1 N–H and O–H groups in total. The van der Waals surface area contributed by atoms with Gasteiger partial charge in [-0.1, -0.05) is 23.7 Å². The Balaban J connectivity index is 1.91. The lowest BCUT2D eigenvalue weighted by Crippen LogP contribution is -2.28. The fourth-order valence-electron chi connectivity index (χ4n) is 2.63. The molecular weight excluding hydrogens is 353 g/mol. The van der Waals surface area contributed by atoms with Crippen LogP contribution in [0.2, 0.25) is 5.02 Å². The van der Waals surface area contributed by atoms with Crippen LogP contribution in [0.3, 0.4) is 0 Å². The van der Waals surface area contributed by atoms with Gasteiger partial charge in [-0.15, -0.1) is 0 Å². The van der Waals surface area contributed by atoms with Gasteiger partial charge >= 0.3 is 0 Å². The van der Waals surface area contributed by atoms with Gasteiger partial charge in [0.1, 0.15) is 5.82 Å². The highest BCUT2D eigenvalue weighted by Crippen LogP contribution is 2.49. The van der Waals surface area contributed by atoms with Crippen molar-refractivity contribution in [1.82, 2.24) is 0 Å². The van der Waals surface area contributed by atoms with Crippen LogP contribution in [0.5, 0.6) is 0 Å². The Kier molecular flexibility index (Phi) is 4.13. The van der Waals surface area contributed by atoms with E-state index in [0.717, 1.165) is 24.0 Å². The summed E-state index contributed by atoms with van der Waals surface area (Å²) in [4.78, 5) is 12.6. The summed E-state index contributed by atoms with van der Waals surface area (Å²) in [5, 5.41) is 3.05. The molecule has 0 atom stereocenters. The first kappa shape index (κ1) is 16.9. The largest absolute Gasteiger partial charge is 0.323 e. The first-order valence-electron chi connectivity index (χ1n) is 7.29. The lowest BCUT2D eigenvalue weighted by molar-refractivity contribution is -0.118. The molecule has 126 valence electrons. The normalized spacial score (nSPS) is 15.8. The molecule has 4 nitrogen and oxygen atoms in total. The Hall–Kier alpha value is -1.92. The van der Waals surface area contributed by atoms with Crippen LogP contribution in [0.4, 0.5) is 10.1 Å². The molecule has 0 radical (unpaired) electrons. The Morgan fingerprint density at radius 3 is 2.50 bits per heavy atom. The highest BCUT2D eigenvalue weighted by atomic mass is 35.5. The number of nitrogens with one attached hydrogen (secondary N) is 1. The predicted molar refractivity (Wildman–Crippen MR) is 90.5 cm³/mol. The third-order valence-corrected chi connectivity index (χ3v) is 5.52. The molecule has 2 aromatic carbocycles. The van der Waals surface area contributed by atoms with Crippen LogP contribution in [0.15, 0.2) is 47.4 Å². The molecule has 0 aliphatic heterocycles. The van der Waals surface area contributed by atoms with Crippen LogP contribution in [-0.4, -0.2) is 20.6 Å². The molecule has 0 spiro atoms. The second-order valence-electron chi connectivity index (χ2n) is 5.96. The predicted octanol–water partition coefficient (Wildman–Crippen LogP) is 3.55. The first-order valence-corrected chi connectivity index (χ1v) is 9.56. The van der Waals surface area contributed by atoms with Crippen LogP contribution < -0.4 is 5.32 Å². The molecule has 1 amide bonds. The van der Waals surface area contributed by atoms with Crippen molar-refractivity contribution >= 4 is 33.0 Å². The molecule has 1 fully saturated rings. The van der Waals surface area contributed by atoms with Crippen LogP contribution in [0, 0.1) is 5.82 Å². The smallest absolute Gasteiger partial charge is 0.235 e. The van der Waals surface area contributed by atoms with E-state index >= 15 is 0 Å². The van der Waals surface area contributed by atoms with Crippen molar-refractivity contribution in [2.45, 2.75) is 23.2 Å². The fourth-order valence-corrected chi connectivity index (χ4v) is 3.47. The molecule has 0 saturated heterocycles. The zero-order valence-corrected chi connectivity index (χ0v) is 14.4. The summed E-state index contributed by atoms with van der Waals surface area (Å²) in [5.74, 6) is -1.05. The number of amides is 1. The lowest BCUT2D eigenvalue weighted by atomic mass is 9.95. The van der Waals surface area contributed by atoms with Gasteiger partial charge in [0.2, 0.25) is 5.91 Å². The number of hydrogen-bond donors (Lipinski definition) is 1. The molecular formula is C17H15ClFNO3S. The van der Waals surface area contributed by atoms with E-state index < -0.39 is 21.1 Å². The Bertz CT molecular complexity index is 923. The third-order valence-electron chi connectivity index (χ3n) is 4.18. The summed E-state index contributed by atoms with van der Waals surface area (Å²) < 4.78 is 37.2. The maximum Gasteiger partial charge on any atom is 0.235 e. The van der Waals surface area contributed by atoms with Crippen molar-refractivity contribution in [2.75, 3.05) is 11.6 Å². The maximum atomic E-state index is 14.0. The van der Waals surface area contributed by atoms with Crippen LogP contribution in [-0.2, 0) is 20.0 Å². The van der Waals surface area contributed by atoms with Gasteiger partial charge in [-0.05, 0) is 48.7 Å². The van der Waals surface area contributed by atoms with Crippen molar-refractivity contribution in [3.8, 4) is 0 Å². The Labute approximate surface area is 144 Å². The van der Waals surface area contributed by atoms with Gasteiger partial charge in [-0.3, -0.25) is 4.79 Å². The minimum Gasteiger partial charge on any atom is -0.323 e. The number of hydrogen-bond acceptors (Lipinski definition) is 3. The number of rotatable bonds is 4. The Morgan fingerprint density at radius 2 is 1.92 bits per heavy atom. The van der Waals surface area contributed by atoms with E-state index in [2.05, 4.69) is 5.32 Å². The van der Waals surface area contributed by atoms with Gasteiger partial charge in [0.25, 0.3) is 0 Å². The molecule has 3 rings (SSSR count). The number of carbonyl (C=O) groups excluding carboxylic acids is 1. The van der Waals surface area contributed by atoms with E-state index in [1.165, 1.54) is 6.07 Å². The Morgan fingerprint density at radius 1 is 1.21 bits per heavy atom. The topological polar surface area (TPSA) is 63.2 Å². The molecule has 0 unspecified atom stereocenters. The highest BCUT2D eigenvalue weighted by molar-refractivity contribution is 7.90.